The molecule has 4 nitrogen and oxygen atoms in total. The molecule has 1 aromatic rings. The van der Waals surface area contributed by atoms with Gasteiger partial charge in [-0.25, -0.2) is 4.79 Å². The van der Waals surface area contributed by atoms with E-state index in [4.69, 9.17) is 9.84 Å². The molecule has 1 aliphatic heterocycles. The number of piperidine rings is 1. The molecular weight excluding hydrogens is 218 g/mol. The van der Waals surface area contributed by atoms with Gasteiger partial charge >= 0.3 is 6.09 Å². The quantitative estimate of drug-likeness (QED) is 0.875. The predicted molar refractivity (Wildman–Crippen MR) is 64.3 cm³/mol. The summed E-state index contributed by atoms with van der Waals surface area (Å²) in [7, 11) is 0. The van der Waals surface area contributed by atoms with E-state index < -0.39 is 6.09 Å². The summed E-state index contributed by atoms with van der Waals surface area (Å²) in [6.07, 6.45) is 0.963. The fourth-order valence-corrected chi connectivity index (χ4v) is 2.02. The lowest BCUT2D eigenvalue weighted by Gasteiger charge is -2.29. The summed E-state index contributed by atoms with van der Waals surface area (Å²) in [6.45, 7) is 1.92. The Morgan fingerprint density at radius 2 is 1.94 bits per heavy atom. The molecule has 0 saturated carbocycles. The minimum absolute atomic E-state index is 0.464. The first-order valence-corrected chi connectivity index (χ1v) is 5.91. The summed E-state index contributed by atoms with van der Waals surface area (Å²) in [5.74, 6) is 1.35. The van der Waals surface area contributed by atoms with E-state index in [2.05, 4.69) is 0 Å². The Labute approximate surface area is 101 Å². The van der Waals surface area contributed by atoms with Crippen molar-refractivity contribution < 1.29 is 14.6 Å². The highest BCUT2D eigenvalue weighted by Gasteiger charge is 2.22. The smallest absolute Gasteiger partial charge is 0.407 e. The highest BCUT2D eigenvalue weighted by atomic mass is 16.5. The van der Waals surface area contributed by atoms with Crippen LogP contribution in [0.5, 0.6) is 5.75 Å². The van der Waals surface area contributed by atoms with Crippen LogP contribution in [0.2, 0.25) is 0 Å². The molecule has 2 rings (SSSR count). The van der Waals surface area contributed by atoms with Crippen molar-refractivity contribution in [1.29, 1.82) is 0 Å². The zero-order valence-electron chi connectivity index (χ0n) is 9.71. The van der Waals surface area contributed by atoms with Crippen LogP contribution < -0.4 is 4.74 Å². The average molecular weight is 235 g/mol. The maximum absolute atomic E-state index is 10.7. The van der Waals surface area contributed by atoms with Crippen molar-refractivity contribution in [3.8, 4) is 5.75 Å². The molecule has 17 heavy (non-hydrogen) atoms. The third-order valence-electron chi connectivity index (χ3n) is 3.11. The number of likely N-dealkylation sites (tertiary alicyclic amines) is 1. The molecule has 0 unspecified atom stereocenters. The Morgan fingerprint density at radius 3 is 2.53 bits per heavy atom. The molecule has 0 bridgehead atoms. The molecule has 1 amide bonds. The first-order chi connectivity index (χ1) is 8.25. The molecular formula is C13H17NO3. The van der Waals surface area contributed by atoms with Gasteiger partial charge in [0.15, 0.2) is 0 Å². The van der Waals surface area contributed by atoms with Crippen molar-refractivity contribution in [3.63, 3.8) is 0 Å². The lowest BCUT2D eigenvalue weighted by Crippen LogP contribution is -2.38. The standard InChI is InChI=1S/C13H17NO3/c15-13(16)14-8-6-11(7-9-14)10-17-12-4-2-1-3-5-12/h1-5,11H,6-10H2,(H,15,16). The number of nitrogens with zero attached hydrogens (tertiary/aromatic N) is 1. The zero-order chi connectivity index (χ0) is 12.1. The largest absolute Gasteiger partial charge is 0.493 e. The van der Waals surface area contributed by atoms with Crippen LogP contribution in [0.1, 0.15) is 12.8 Å². The van der Waals surface area contributed by atoms with Gasteiger partial charge in [0.25, 0.3) is 0 Å². The molecule has 1 heterocycles. The van der Waals surface area contributed by atoms with Crippen molar-refractivity contribution in [2.24, 2.45) is 5.92 Å². The van der Waals surface area contributed by atoms with E-state index in [0.717, 1.165) is 18.6 Å². The van der Waals surface area contributed by atoms with Crippen LogP contribution in [0, 0.1) is 5.92 Å². The van der Waals surface area contributed by atoms with Crippen molar-refractivity contribution in [2.75, 3.05) is 19.7 Å². The van der Waals surface area contributed by atoms with Gasteiger partial charge in [-0.15, -0.1) is 0 Å². The number of hydrogen-bond donors (Lipinski definition) is 1. The first kappa shape index (κ1) is 11.8. The van der Waals surface area contributed by atoms with Gasteiger partial charge in [-0.1, -0.05) is 18.2 Å². The van der Waals surface area contributed by atoms with Gasteiger partial charge < -0.3 is 14.7 Å². The number of para-hydroxylation sites is 1. The number of carboxylic acid groups (broad SMARTS) is 1. The molecule has 0 atom stereocenters. The fraction of sp³-hybridized carbons (Fsp3) is 0.462. The highest BCUT2D eigenvalue weighted by Crippen LogP contribution is 2.19. The summed E-state index contributed by atoms with van der Waals surface area (Å²) >= 11 is 0. The molecule has 4 heteroatoms. The second-order valence-corrected chi connectivity index (χ2v) is 4.34. The summed E-state index contributed by atoms with van der Waals surface area (Å²) < 4.78 is 5.68. The first-order valence-electron chi connectivity index (χ1n) is 5.91. The fourth-order valence-electron chi connectivity index (χ4n) is 2.02. The molecule has 1 N–H and O–H groups in total. The Balaban J connectivity index is 1.74. The van der Waals surface area contributed by atoms with Gasteiger partial charge in [0.1, 0.15) is 5.75 Å². The lowest BCUT2D eigenvalue weighted by molar-refractivity contribution is 0.111. The topological polar surface area (TPSA) is 49.8 Å². The molecule has 1 aromatic carbocycles. The Bertz CT molecular complexity index is 358. The third kappa shape index (κ3) is 3.37. The normalized spacial score (nSPS) is 16.8. The molecule has 0 spiro atoms. The molecule has 92 valence electrons. The monoisotopic (exact) mass is 235 g/mol. The number of amides is 1. The van der Waals surface area contributed by atoms with E-state index in [1.54, 1.807) is 0 Å². The second-order valence-electron chi connectivity index (χ2n) is 4.34. The number of rotatable bonds is 3. The second kappa shape index (κ2) is 5.57. The van der Waals surface area contributed by atoms with Crippen LogP contribution in [0.4, 0.5) is 4.79 Å². The maximum atomic E-state index is 10.7. The van der Waals surface area contributed by atoms with Crippen molar-refractivity contribution in [2.45, 2.75) is 12.8 Å². The van der Waals surface area contributed by atoms with Crippen LogP contribution in [-0.2, 0) is 0 Å². The van der Waals surface area contributed by atoms with Crippen LogP contribution in [0.3, 0.4) is 0 Å². The van der Waals surface area contributed by atoms with Crippen LogP contribution >= 0.6 is 0 Å². The average Bonchev–Trinajstić information content (AvgIpc) is 2.38. The Morgan fingerprint density at radius 1 is 1.29 bits per heavy atom. The molecule has 1 aliphatic rings. The van der Waals surface area contributed by atoms with E-state index in [1.165, 1.54) is 4.90 Å². The number of ether oxygens (including phenoxy) is 1. The van der Waals surface area contributed by atoms with E-state index in [1.807, 2.05) is 30.3 Å². The molecule has 0 aliphatic carbocycles. The lowest BCUT2D eigenvalue weighted by atomic mass is 9.98. The van der Waals surface area contributed by atoms with Crippen molar-refractivity contribution >= 4 is 6.09 Å². The minimum Gasteiger partial charge on any atom is -0.493 e. The maximum Gasteiger partial charge on any atom is 0.407 e. The number of benzene rings is 1. The predicted octanol–water partition coefficient (Wildman–Crippen LogP) is 2.46. The summed E-state index contributed by atoms with van der Waals surface area (Å²) in [5, 5.41) is 8.83. The van der Waals surface area contributed by atoms with Gasteiger partial charge in [0.2, 0.25) is 0 Å². The summed E-state index contributed by atoms with van der Waals surface area (Å²) in [6, 6.07) is 9.72. The van der Waals surface area contributed by atoms with Crippen LogP contribution in [0.25, 0.3) is 0 Å². The van der Waals surface area contributed by atoms with E-state index in [0.29, 0.717) is 25.6 Å². The number of hydrogen-bond acceptors (Lipinski definition) is 2. The van der Waals surface area contributed by atoms with E-state index in [-0.39, 0.29) is 0 Å². The molecule has 1 saturated heterocycles. The molecule has 0 aromatic heterocycles. The van der Waals surface area contributed by atoms with Crippen LogP contribution in [-0.4, -0.2) is 35.8 Å². The van der Waals surface area contributed by atoms with Crippen molar-refractivity contribution in [3.05, 3.63) is 30.3 Å². The SMILES string of the molecule is O=C(O)N1CCC(COc2ccccc2)CC1. The Hall–Kier alpha value is -1.71. The summed E-state index contributed by atoms with van der Waals surface area (Å²) in [5.41, 5.74) is 0. The van der Waals surface area contributed by atoms with E-state index in [9.17, 15) is 4.79 Å². The van der Waals surface area contributed by atoms with Gasteiger partial charge in [-0.2, -0.15) is 0 Å². The van der Waals surface area contributed by atoms with Gasteiger partial charge in [-0.05, 0) is 30.9 Å². The zero-order valence-corrected chi connectivity index (χ0v) is 9.71. The molecule has 1 fully saturated rings. The minimum atomic E-state index is -0.813. The van der Waals surface area contributed by atoms with Crippen LogP contribution in [0.15, 0.2) is 30.3 Å². The van der Waals surface area contributed by atoms with Gasteiger partial charge in [0, 0.05) is 13.1 Å². The van der Waals surface area contributed by atoms with Gasteiger partial charge in [0.05, 0.1) is 6.61 Å². The van der Waals surface area contributed by atoms with Gasteiger partial charge in [-0.3, -0.25) is 0 Å². The molecule has 0 radical (unpaired) electrons. The third-order valence-corrected chi connectivity index (χ3v) is 3.11. The Kier molecular flexibility index (Phi) is 3.85. The van der Waals surface area contributed by atoms with Crippen molar-refractivity contribution in [1.82, 2.24) is 4.90 Å². The highest BCUT2D eigenvalue weighted by molar-refractivity contribution is 5.64. The number of carbonyl (C=O) groups is 1. The summed E-state index contributed by atoms with van der Waals surface area (Å²) in [4.78, 5) is 12.2. The van der Waals surface area contributed by atoms with E-state index >= 15 is 0 Å².